The molecule has 1 amide bonds. The summed E-state index contributed by atoms with van der Waals surface area (Å²) in [6.45, 7) is -2.89. The second-order valence-corrected chi connectivity index (χ2v) is 7.39. The van der Waals surface area contributed by atoms with Gasteiger partial charge in [-0.15, -0.1) is 0 Å². The summed E-state index contributed by atoms with van der Waals surface area (Å²) in [7, 11) is 0. The number of alkyl halides is 2. The lowest BCUT2D eigenvalue weighted by atomic mass is 10.3. The van der Waals surface area contributed by atoms with Crippen molar-refractivity contribution in [3.8, 4) is 11.5 Å². The van der Waals surface area contributed by atoms with E-state index in [2.05, 4.69) is 20.1 Å². The zero-order chi connectivity index (χ0) is 21.1. The Balaban J connectivity index is 1.45. The van der Waals surface area contributed by atoms with Gasteiger partial charge in [0.15, 0.2) is 11.9 Å². The first-order valence-electron chi connectivity index (χ1n) is 8.55. The molecule has 0 saturated heterocycles. The average Bonchev–Trinajstić information content (AvgIpc) is 3.33. The summed E-state index contributed by atoms with van der Waals surface area (Å²) in [5, 5.41) is 7.68. The third kappa shape index (κ3) is 4.66. The maximum absolute atomic E-state index is 12.6. The number of aromatic nitrogens is 3. The average molecular weight is 451 g/mol. The molecule has 1 N–H and O–H groups in total. The van der Waals surface area contributed by atoms with Crippen LogP contribution in [-0.2, 0) is 6.73 Å². The Hall–Kier alpha value is -3.24. The summed E-state index contributed by atoms with van der Waals surface area (Å²) in [5.74, 6) is 0.168. The van der Waals surface area contributed by atoms with Crippen LogP contribution in [-0.4, -0.2) is 27.3 Å². The van der Waals surface area contributed by atoms with Gasteiger partial charge in [-0.2, -0.15) is 13.9 Å². The van der Waals surface area contributed by atoms with Gasteiger partial charge < -0.3 is 9.47 Å². The zero-order valence-corrected chi connectivity index (χ0v) is 16.7. The molecule has 4 rings (SSSR count). The molecule has 0 bridgehead atoms. The first-order valence-corrected chi connectivity index (χ1v) is 9.74. The Morgan fingerprint density at radius 1 is 1.17 bits per heavy atom. The Morgan fingerprint density at radius 3 is 2.70 bits per heavy atom. The number of ether oxygens (including phenoxy) is 2. The molecular weight excluding hydrogens is 438 g/mol. The Bertz CT molecular complexity index is 1180. The Labute approximate surface area is 177 Å². The molecule has 2 aromatic carbocycles. The number of halogens is 3. The summed E-state index contributed by atoms with van der Waals surface area (Å²) >= 11 is 6.98. The number of rotatable bonds is 7. The lowest BCUT2D eigenvalue weighted by Crippen LogP contribution is -2.19. The van der Waals surface area contributed by atoms with E-state index in [9.17, 15) is 13.6 Å². The molecule has 7 nitrogen and oxygen atoms in total. The fourth-order valence-electron chi connectivity index (χ4n) is 2.59. The van der Waals surface area contributed by atoms with Gasteiger partial charge >= 0.3 is 6.61 Å². The number of hydrogen-bond donors (Lipinski definition) is 1. The van der Waals surface area contributed by atoms with E-state index in [1.165, 1.54) is 23.0 Å². The van der Waals surface area contributed by atoms with Crippen LogP contribution in [0.3, 0.4) is 0 Å². The number of hydrogen-bond acceptors (Lipinski definition) is 6. The van der Waals surface area contributed by atoms with Crippen molar-refractivity contribution in [3.63, 3.8) is 0 Å². The molecule has 2 heterocycles. The lowest BCUT2D eigenvalue weighted by molar-refractivity contribution is -0.0497. The topological polar surface area (TPSA) is 78.3 Å². The van der Waals surface area contributed by atoms with Crippen molar-refractivity contribution in [2.24, 2.45) is 0 Å². The van der Waals surface area contributed by atoms with Crippen molar-refractivity contribution in [1.82, 2.24) is 14.8 Å². The van der Waals surface area contributed by atoms with E-state index in [0.29, 0.717) is 26.1 Å². The minimum Gasteiger partial charge on any atom is -0.471 e. The van der Waals surface area contributed by atoms with Gasteiger partial charge in [0, 0.05) is 11.2 Å². The summed E-state index contributed by atoms with van der Waals surface area (Å²) in [6, 6.07) is 12.7. The maximum atomic E-state index is 12.6. The molecule has 0 saturated carbocycles. The number of nitrogens with zero attached hydrogens (tertiary/aromatic N) is 3. The number of fused-ring (bicyclic) bond motifs is 1. The fourth-order valence-corrected chi connectivity index (χ4v) is 3.61. The van der Waals surface area contributed by atoms with Crippen molar-refractivity contribution in [2.45, 2.75) is 13.3 Å². The van der Waals surface area contributed by atoms with Crippen LogP contribution < -0.4 is 14.8 Å². The van der Waals surface area contributed by atoms with E-state index in [1.807, 2.05) is 0 Å². The highest BCUT2D eigenvalue weighted by atomic mass is 35.5. The van der Waals surface area contributed by atoms with Crippen LogP contribution in [0, 0.1) is 0 Å². The summed E-state index contributed by atoms with van der Waals surface area (Å²) in [6.07, 6.45) is 1.48. The van der Waals surface area contributed by atoms with E-state index in [4.69, 9.17) is 16.3 Å². The molecule has 0 aliphatic heterocycles. The molecule has 30 heavy (non-hydrogen) atoms. The largest absolute Gasteiger partial charge is 0.471 e. The predicted octanol–water partition coefficient (Wildman–Crippen LogP) is 5.04. The van der Waals surface area contributed by atoms with Gasteiger partial charge in [-0.3, -0.25) is 10.1 Å². The fraction of sp³-hybridized carbons (Fsp3) is 0.105. The van der Waals surface area contributed by atoms with Crippen molar-refractivity contribution < 1.29 is 23.0 Å². The third-order valence-corrected chi connectivity index (χ3v) is 5.11. The van der Waals surface area contributed by atoms with Gasteiger partial charge in [-0.1, -0.05) is 22.9 Å². The van der Waals surface area contributed by atoms with Crippen LogP contribution in [0.15, 0.2) is 54.7 Å². The number of carbonyl (C=O) groups is 1. The first kappa shape index (κ1) is 20.0. The standard InChI is InChI=1S/C19H13ClF2N4O3S/c20-11-1-3-12(4-2-11)28-10-26-15(7-8-23-26)17(27)25-19-24-14-6-5-13(29-18(21)22)9-16(14)30-19/h1-9,18H,10H2,(H,24,25,27). The molecule has 4 aromatic rings. The molecule has 0 aliphatic rings. The van der Waals surface area contributed by atoms with Crippen LogP contribution in [0.1, 0.15) is 10.5 Å². The molecule has 11 heteroatoms. The summed E-state index contributed by atoms with van der Waals surface area (Å²) < 4.78 is 36.7. The van der Waals surface area contributed by atoms with Crippen molar-refractivity contribution in [2.75, 3.05) is 5.32 Å². The SMILES string of the molecule is O=C(Nc1nc2ccc(OC(F)F)cc2s1)c1ccnn1COc1ccc(Cl)cc1. The normalized spacial score (nSPS) is 11.1. The van der Waals surface area contributed by atoms with Crippen molar-refractivity contribution >= 4 is 44.2 Å². The number of nitrogens with one attached hydrogen (secondary N) is 1. The molecule has 0 spiro atoms. The van der Waals surface area contributed by atoms with Gasteiger partial charge in [0.25, 0.3) is 5.91 Å². The Morgan fingerprint density at radius 2 is 1.93 bits per heavy atom. The van der Waals surface area contributed by atoms with Crippen molar-refractivity contribution in [3.05, 3.63) is 65.4 Å². The Kier molecular flexibility index (Phi) is 5.77. The second-order valence-electron chi connectivity index (χ2n) is 5.92. The number of amides is 1. The van der Waals surface area contributed by atoms with Crippen LogP contribution in [0.2, 0.25) is 5.02 Å². The molecule has 0 atom stereocenters. The number of thiazole rings is 1. The van der Waals surface area contributed by atoms with Gasteiger partial charge in [-0.05, 0) is 48.5 Å². The monoisotopic (exact) mass is 450 g/mol. The molecular formula is C19H13ClF2N4O3S. The highest BCUT2D eigenvalue weighted by molar-refractivity contribution is 7.22. The lowest BCUT2D eigenvalue weighted by Gasteiger charge is -2.09. The highest BCUT2D eigenvalue weighted by Gasteiger charge is 2.15. The highest BCUT2D eigenvalue weighted by Crippen LogP contribution is 2.30. The minimum atomic E-state index is -2.91. The van der Waals surface area contributed by atoms with E-state index in [0.717, 1.165) is 11.3 Å². The maximum Gasteiger partial charge on any atom is 0.387 e. The number of anilines is 1. The first-order chi connectivity index (χ1) is 14.5. The zero-order valence-electron chi connectivity index (χ0n) is 15.1. The number of carbonyl (C=O) groups excluding carboxylic acids is 1. The predicted molar refractivity (Wildman–Crippen MR) is 109 cm³/mol. The molecule has 0 aliphatic carbocycles. The molecule has 0 fully saturated rings. The summed E-state index contributed by atoms with van der Waals surface area (Å²) in [4.78, 5) is 16.9. The van der Waals surface area contributed by atoms with E-state index in [1.54, 1.807) is 36.4 Å². The quantitative estimate of drug-likeness (QED) is 0.427. The molecule has 2 aromatic heterocycles. The second kappa shape index (κ2) is 8.64. The van der Waals surface area contributed by atoms with Crippen LogP contribution in [0.25, 0.3) is 10.2 Å². The molecule has 0 radical (unpaired) electrons. The van der Waals surface area contributed by atoms with Crippen molar-refractivity contribution in [1.29, 1.82) is 0 Å². The van der Waals surface area contributed by atoms with Gasteiger partial charge in [0.05, 0.1) is 10.2 Å². The number of benzene rings is 2. The van der Waals surface area contributed by atoms with Crippen LogP contribution >= 0.6 is 22.9 Å². The smallest absolute Gasteiger partial charge is 0.387 e. The molecule has 154 valence electrons. The van der Waals surface area contributed by atoms with E-state index in [-0.39, 0.29) is 18.2 Å². The van der Waals surface area contributed by atoms with Gasteiger partial charge in [-0.25, -0.2) is 9.67 Å². The van der Waals surface area contributed by atoms with E-state index >= 15 is 0 Å². The summed E-state index contributed by atoms with van der Waals surface area (Å²) in [5.41, 5.74) is 0.821. The minimum absolute atomic E-state index is 0.0194. The third-order valence-electron chi connectivity index (χ3n) is 3.92. The van der Waals surface area contributed by atoms with Gasteiger partial charge in [0.1, 0.15) is 17.2 Å². The van der Waals surface area contributed by atoms with E-state index < -0.39 is 12.5 Å². The van der Waals surface area contributed by atoms with Gasteiger partial charge in [0.2, 0.25) is 0 Å². The molecule has 0 unspecified atom stereocenters. The van der Waals surface area contributed by atoms with Crippen LogP contribution in [0.4, 0.5) is 13.9 Å². The van der Waals surface area contributed by atoms with Crippen LogP contribution in [0.5, 0.6) is 11.5 Å².